The molecule has 3 N–H and O–H groups in total. The fraction of sp³-hybridized carbons (Fsp3) is 0.381. The van der Waals surface area contributed by atoms with E-state index in [9.17, 15) is 0 Å². The van der Waals surface area contributed by atoms with Crippen molar-refractivity contribution in [3.8, 4) is 0 Å². The van der Waals surface area contributed by atoms with Gasteiger partial charge in [0, 0.05) is 41.8 Å². The van der Waals surface area contributed by atoms with Gasteiger partial charge in [-0.15, -0.1) is 0 Å². The first-order valence-corrected chi connectivity index (χ1v) is 10.8. The van der Waals surface area contributed by atoms with Gasteiger partial charge in [-0.05, 0) is 30.2 Å². The second kappa shape index (κ2) is 7.99. The van der Waals surface area contributed by atoms with Crippen molar-refractivity contribution in [2.75, 3.05) is 36.9 Å². The standard InChI is InChI=1S/C21H25N3S2/c22-19-8-4-3-7-18(19)20-16-6-2-1-5-15(16)17(21(25)23-20)9-10-24-11-13-26-14-12-24/h1-8,17,20H,9-14,22H2,(H,23,25). The molecule has 26 heavy (non-hydrogen) atoms. The monoisotopic (exact) mass is 383 g/mol. The zero-order valence-electron chi connectivity index (χ0n) is 14.9. The van der Waals surface area contributed by atoms with E-state index < -0.39 is 0 Å². The largest absolute Gasteiger partial charge is 0.398 e. The Kier molecular flexibility index (Phi) is 5.48. The van der Waals surface area contributed by atoms with Gasteiger partial charge in [0.2, 0.25) is 0 Å². The molecule has 2 aromatic rings. The van der Waals surface area contributed by atoms with Crippen LogP contribution in [0.25, 0.3) is 0 Å². The molecule has 0 aromatic heterocycles. The molecule has 3 nitrogen and oxygen atoms in total. The fourth-order valence-electron chi connectivity index (χ4n) is 4.00. The molecule has 136 valence electrons. The highest BCUT2D eigenvalue weighted by Crippen LogP contribution is 2.38. The van der Waals surface area contributed by atoms with E-state index >= 15 is 0 Å². The predicted molar refractivity (Wildman–Crippen MR) is 116 cm³/mol. The Hall–Kier alpha value is -1.56. The number of nitrogen functional groups attached to an aromatic ring is 1. The van der Waals surface area contributed by atoms with Crippen LogP contribution in [-0.2, 0) is 0 Å². The molecular weight excluding hydrogens is 358 g/mol. The lowest BCUT2D eigenvalue weighted by atomic mass is 9.82. The Morgan fingerprint density at radius 2 is 1.65 bits per heavy atom. The van der Waals surface area contributed by atoms with Crippen LogP contribution in [0.1, 0.15) is 35.1 Å². The number of fused-ring (bicyclic) bond motifs is 1. The summed E-state index contributed by atoms with van der Waals surface area (Å²) in [5, 5.41) is 3.60. The third kappa shape index (κ3) is 3.61. The summed E-state index contributed by atoms with van der Waals surface area (Å²) in [6.45, 7) is 3.50. The quantitative estimate of drug-likeness (QED) is 0.621. The minimum Gasteiger partial charge on any atom is -0.398 e. The minimum absolute atomic E-state index is 0.0440. The van der Waals surface area contributed by atoms with Crippen molar-refractivity contribution in [3.05, 3.63) is 65.2 Å². The zero-order valence-corrected chi connectivity index (χ0v) is 16.5. The molecular formula is C21H25N3S2. The van der Waals surface area contributed by atoms with Gasteiger partial charge < -0.3 is 16.0 Å². The number of hydrogen-bond acceptors (Lipinski definition) is 4. The number of rotatable bonds is 4. The van der Waals surface area contributed by atoms with Gasteiger partial charge in [-0.3, -0.25) is 0 Å². The number of nitrogens with two attached hydrogens (primary N) is 1. The number of thioether (sulfide) groups is 1. The molecule has 2 aliphatic heterocycles. The number of anilines is 1. The van der Waals surface area contributed by atoms with Gasteiger partial charge in [-0.25, -0.2) is 0 Å². The molecule has 0 aliphatic carbocycles. The molecule has 5 heteroatoms. The highest BCUT2D eigenvalue weighted by atomic mass is 32.2. The molecule has 2 atom stereocenters. The van der Waals surface area contributed by atoms with Crippen LogP contribution in [0.3, 0.4) is 0 Å². The topological polar surface area (TPSA) is 41.3 Å². The van der Waals surface area contributed by atoms with E-state index in [0.29, 0.717) is 0 Å². The number of thiocarbonyl (C=S) groups is 1. The number of benzene rings is 2. The van der Waals surface area contributed by atoms with Crippen LogP contribution in [0.15, 0.2) is 48.5 Å². The molecule has 0 spiro atoms. The van der Waals surface area contributed by atoms with E-state index in [4.69, 9.17) is 18.0 Å². The summed E-state index contributed by atoms with van der Waals surface area (Å²) in [5.74, 6) is 2.79. The van der Waals surface area contributed by atoms with Gasteiger partial charge in [0.05, 0.1) is 11.0 Å². The van der Waals surface area contributed by atoms with E-state index in [2.05, 4.69) is 52.3 Å². The summed E-state index contributed by atoms with van der Waals surface area (Å²) in [6.07, 6.45) is 1.07. The third-order valence-electron chi connectivity index (χ3n) is 5.43. The Balaban J connectivity index is 1.60. The number of nitrogens with one attached hydrogen (secondary N) is 1. The highest BCUT2D eigenvalue weighted by Gasteiger charge is 2.32. The molecule has 2 aromatic carbocycles. The van der Waals surface area contributed by atoms with Crippen molar-refractivity contribution in [1.82, 2.24) is 10.2 Å². The normalized spacial score (nSPS) is 23.3. The minimum atomic E-state index is 0.0440. The van der Waals surface area contributed by atoms with E-state index in [1.54, 1.807) is 0 Å². The van der Waals surface area contributed by atoms with Gasteiger partial charge in [-0.1, -0.05) is 54.7 Å². The SMILES string of the molecule is Nc1ccccc1C1NC(=S)C(CCN2CCSCC2)c2ccccc21. The Morgan fingerprint density at radius 3 is 2.38 bits per heavy atom. The molecule has 0 amide bonds. The Morgan fingerprint density at radius 1 is 1.00 bits per heavy atom. The van der Waals surface area contributed by atoms with E-state index in [-0.39, 0.29) is 12.0 Å². The molecule has 2 heterocycles. The van der Waals surface area contributed by atoms with Crippen molar-refractivity contribution >= 4 is 34.7 Å². The predicted octanol–water partition coefficient (Wildman–Crippen LogP) is 3.81. The molecule has 4 rings (SSSR count). The van der Waals surface area contributed by atoms with Crippen molar-refractivity contribution in [1.29, 1.82) is 0 Å². The van der Waals surface area contributed by atoms with Gasteiger partial charge in [-0.2, -0.15) is 11.8 Å². The molecule has 0 radical (unpaired) electrons. The zero-order chi connectivity index (χ0) is 17.9. The van der Waals surface area contributed by atoms with Crippen LogP contribution >= 0.6 is 24.0 Å². The molecule has 2 unspecified atom stereocenters. The Labute approximate surface area is 165 Å². The maximum absolute atomic E-state index is 6.25. The number of nitrogens with zero attached hydrogens (tertiary/aromatic N) is 1. The first-order chi connectivity index (χ1) is 12.7. The lowest BCUT2D eigenvalue weighted by Gasteiger charge is -2.36. The lowest BCUT2D eigenvalue weighted by molar-refractivity contribution is 0.295. The summed E-state index contributed by atoms with van der Waals surface area (Å²) in [4.78, 5) is 3.52. The van der Waals surface area contributed by atoms with Gasteiger partial charge in [0.15, 0.2) is 0 Å². The summed E-state index contributed by atoms with van der Waals surface area (Å²) in [6, 6.07) is 16.8. The van der Waals surface area contributed by atoms with Gasteiger partial charge in [0.1, 0.15) is 0 Å². The van der Waals surface area contributed by atoms with Crippen molar-refractivity contribution in [2.45, 2.75) is 18.4 Å². The average Bonchev–Trinajstić information content (AvgIpc) is 2.68. The first kappa shape index (κ1) is 17.8. The third-order valence-corrected chi connectivity index (χ3v) is 6.78. The maximum atomic E-state index is 6.25. The fourth-order valence-corrected chi connectivity index (χ4v) is 5.34. The molecule has 0 saturated carbocycles. The smallest absolute Gasteiger partial charge is 0.0837 e. The summed E-state index contributed by atoms with van der Waals surface area (Å²) in [7, 11) is 0. The highest BCUT2D eigenvalue weighted by molar-refractivity contribution is 7.99. The first-order valence-electron chi connectivity index (χ1n) is 9.28. The Bertz CT molecular complexity index is 786. The lowest BCUT2D eigenvalue weighted by Crippen LogP contribution is -2.40. The molecule has 1 fully saturated rings. The van der Waals surface area contributed by atoms with E-state index in [0.717, 1.165) is 29.2 Å². The number of para-hydroxylation sites is 1. The maximum Gasteiger partial charge on any atom is 0.0837 e. The summed E-state index contributed by atoms with van der Waals surface area (Å²) < 4.78 is 0. The summed E-state index contributed by atoms with van der Waals surface area (Å²) in [5.41, 5.74) is 10.8. The van der Waals surface area contributed by atoms with Gasteiger partial charge >= 0.3 is 0 Å². The van der Waals surface area contributed by atoms with Crippen molar-refractivity contribution in [3.63, 3.8) is 0 Å². The van der Waals surface area contributed by atoms with Crippen LogP contribution in [0.2, 0.25) is 0 Å². The van der Waals surface area contributed by atoms with E-state index in [1.807, 2.05) is 18.2 Å². The summed E-state index contributed by atoms with van der Waals surface area (Å²) >= 11 is 7.87. The average molecular weight is 384 g/mol. The van der Waals surface area contributed by atoms with Crippen LogP contribution in [0, 0.1) is 0 Å². The van der Waals surface area contributed by atoms with Crippen LogP contribution in [0.4, 0.5) is 5.69 Å². The number of hydrogen-bond donors (Lipinski definition) is 2. The van der Waals surface area contributed by atoms with Crippen LogP contribution < -0.4 is 11.1 Å². The molecule has 1 saturated heterocycles. The van der Waals surface area contributed by atoms with Crippen molar-refractivity contribution < 1.29 is 0 Å². The van der Waals surface area contributed by atoms with Crippen LogP contribution in [-0.4, -0.2) is 41.0 Å². The second-order valence-electron chi connectivity index (χ2n) is 6.99. The molecule has 0 bridgehead atoms. The van der Waals surface area contributed by atoms with E-state index in [1.165, 1.54) is 35.7 Å². The second-order valence-corrected chi connectivity index (χ2v) is 8.66. The molecule has 2 aliphatic rings. The van der Waals surface area contributed by atoms with Gasteiger partial charge in [0.25, 0.3) is 0 Å². The van der Waals surface area contributed by atoms with Crippen molar-refractivity contribution in [2.24, 2.45) is 0 Å². The van der Waals surface area contributed by atoms with Crippen LogP contribution in [0.5, 0.6) is 0 Å².